The highest BCUT2D eigenvalue weighted by molar-refractivity contribution is 6.30. The summed E-state index contributed by atoms with van der Waals surface area (Å²) in [6.45, 7) is 9.52. The fourth-order valence-corrected chi connectivity index (χ4v) is 2.43. The van der Waals surface area contributed by atoms with E-state index in [1.165, 1.54) is 5.56 Å². The van der Waals surface area contributed by atoms with Crippen LogP contribution in [0.5, 0.6) is 0 Å². The predicted octanol–water partition coefficient (Wildman–Crippen LogP) is 3.16. The molecule has 0 unspecified atom stereocenters. The third-order valence-corrected chi connectivity index (χ3v) is 2.90. The van der Waals surface area contributed by atoms with Crippen LogP contribution < -0.4 is 5.32 Å². The summed E-state index contributed by atoms with van der Waals surface area (Å²) in [4.78, 5) is 2.31. The summed E-state index contributed by atoms with van der Waals surface area (Å²) in [5, 5.41) is 4.29. The van der Waals surface area contributed by atoms with Crippen LogP contribution in [-0.4, -0.2) is 30.6 Å². The SMILES string of the molecule is CCNC(C)(C)CN(C)Cc1cccc(Cl)c1. The molecule has 1 aromatic rings. The zero-order chi connectivity index (χ0) is 12.9. The maximum atomic E-state index is 5.98. The van der Waals surface area contributed by atoms with E-state index in [9.17, 15) is 0 Å². The minimum absolute atomic E-state index is 0.141. The molecule has 0 saturated carbocycles. The van der Waals surface area contributed by atoms with Crippen LogP contribution in [0.2, 0.25) is 5.02 Å². The first-order valence-corrected chi connectivity index (χ1v) is 6.49. The van der Waals surface area contributed by atoms with Crippen molar-refractivity contribution < 1.29 is 0 Å². The average Bonchev–Trinajstić information content (AvgIpc) is 2.15. The summed E-state index contributed by atoms with van der Waals surface area (Å²) in [5.41, 5.74) is 1.40. The van der Waals surface area contributed by atoms with Crippen LogP contribution in [0.25, 0.3) is 0 Å². The molecule has 0 aliphatic heterocycles. The molecular weight excluding hydrogens is 232 g/mol. The van der Waals surface area contributed by atoms with Crippen molar-refractivity contribution in [1.29, 1.82) is 0 Å². The Labute approximate surface area is 110 Å². The van der Waals surface area contributed by atoms with Gasteiger partial charge in [-0.2, -0.15) is 0 Å². The van der Waals surface area contributed by atoms with Crippen molar-refractivity contribution in [2.75, 3.05) is 20.1 Å². The zero-order valence-corrected chi connectivity index (χ0v) is 12.0. The molecule has 1 N–H and O–H groups in total. The molecule has 0 aliphatic carbocycles. The summed E-state index contributed by atoms with van der Waals surface area (Å²) >= 11 is 5.98. The van der Waals surface area contributed by atoms with E-state index in [0.717, 1.165) is 24.7 Å². The molecular formula is C14H23ClN2. The Bertz CT molecular complexity index is 350. The quantitative estimate of drug-likeness (QED) is 0.839. The highest BCUT2D eigenvalue weighted by Crippen LogP contribution is 2.13. The Balaban J connectivity index is 2.52. The molecule has 0 spiro atoms. The Hall–Kier alpha value is -0.570. The number of benzene rings is 1. The minimum atomic E-state index is 0.141. The number of hydrogen-bond donors (Lipinski definition) is 1. The van der Waals surface area contributed by atoms with Crippen molar-refractivity contribution in [2.24, 2.45) is 0 Å². The number of nitrogens with one attached hydrogen (secondary N) is 1. The van der Waals surface area contributed by atoms with E-state index in [0.29, 0.717) is 0 Å². The average molecular weight is 255 g/mol. The van der Waals surface area contributed by atoms with E-state index >= 15 is 0 Å². The van der Waals surface area contributed by atoms with E-state index < -0.39 is 0 Å². The Morgan fingerprint density at radius 3 is 2.65 bits per heavy atom. The van der Waals surface area contributed by atoms with Gasteiger partial charge in [-0.15, -0.1) is 0 Å². The van der Waals surface area contributed by atoms with Crippen LogP contribution >= 0.6 is 11.6 Å². The van der Waals surface area contributed by atoms with Crippen LogP contribution in [0.1, 0.15) is 26.3 Å². The lowest BCUT2D eigenvalue weighted by Crippen LogP contribution is -2.47. The zero-order valence-electron chi connectivity index (χ0n) is 11.3. The molecule has 0 amide bonds. The molecule has 0 bridgehead atoms. The first-order valence-electron chi connectivity index (χ1n) is 6.11. The van der Waals surface area contributed by atoms with Gasteiger partial charge < -0.3 is 10.2 Å². The van der Waals surface area contributed by atoms with Crippen molar-refractivity contribution >= 4 is 11.6 Å². The maximum absolute atomic E-state index is 5.98. The van der Waals surface area contributed by atoms with Crippen molar-refractivity contribution in [3.05, 3.63) is 34.9 Å². The van der Waals surface area contributed by atoms with E-state index in [1.54, 1.807) is 0 Å². The second-order valence-corrected chi connectivity index (χ2v) is 5.65. The van der Waals surface area contributed by atoms with Crippen LogP contribution in [-0.2, 0) is 6.54 Å². The van der Waals surface area contributed by atoms with Gasteiger partial charge in [0.05, 0.1) is 0 Å². The highest BCUT2D eigenvalue weighted by atomic mass is 35.5. The third kappa shape index (κ3) is 5.53. The molecule has 1 rings (SSSR count). The van der Waals surface area contributed by atoms with E-state index in [2.05, 4.69) is 44.1 Å². The van der Waals surface area contributed by atoms with Crippen LogP contribution in [0.4, 0.5) is 0 Å². The topological polar surface area (TPSA) is 15.3 Å². The molecule has 0 atom stereocenters. The predicted molar refractivity (Wildman–Crippen MR) is 75.5 cm³/mol. The molecule has 0 heterocycles. The fraction of sp³-hybridized carbons (Fsp3) is 0.571. The number of likely N-dealkylation sites (N-methyl/N-ethyl adjacent to an activating group) is 2. The molecule has 17 heavy (non-hydrogen) atoms. The van der Waals surface area contributed by atoms with Gasteiger partial charge in [-0.3, -0.25) is 0 Å². The summed E-state index contributed by atoms with van der Waals surface area (Å²) in [7, 11) is 2.14. The monoisotopic (exact) mass is 254 g/mol. The minimum Gasteiger partial charge on any atom is -0.311 e. The number of hydrogen-bond acceptors (Lipinski definition) is 2. The molecule has 1 aromatic carbocycles. The molecule has 0 fully saturated rings. The van der Waals surface area contributed by atoms with E-state index in [4.69, 9.17) is 11.6 Å². The largest absolute Gasteiger partial charge is 0.311 e. The van der Waals surface area contributed by atoms with Gasteiger partial charge in [-0.05, 0) is 45.1 Å². The molecule has 0 aliphatic rings. The van der Waals surface area contributed by atoms with Crippen LogP contribution in [0, 0.1) is 0 Å². The smallest absolute Gasteiger partial charge is 0.0409 e. The maximum Gasteiger partial charge on any atom is 0.0409 e. The van der Waals surface area contributed by atoms with Crippen LogP contribution in [0.3, 0.4) is 0 Å². The van der Waals surface area contributed by atoms with Gasteiger partial charge in [0.1, 0.15) is 0 Å². The summed E-state index contributed by atoms with van der Waals surface area (Å²) in [6.07, 6.45) is 0. The van der Waals surface area contributed by atoms with Gasteiger partial charge in [-0.1, -0.05) is 30.7 Å². The summed E-state index contributed by atoms with van der Waals surface area (Å²) in [5.74, 6) is 0. The van der Waals surface area contributed by atoms with Gasteiger partial charge in [-0.25, -0.2) is 0 Å². The summed E-state index contributed by atoms with van der Waals surface area (Å²) in [6, 6.07) is 8.05. The number of nitrogens with zero attached hydrogens (tertiary/aromatic N) is 1. The standard InChI is InChI=1S/C14H23ClN2/c1-5-16-14(2,3)11-17(4)10-12-7-6-8-13(15)9-12/h6-9,16H,5,10-11H2,1-4H3. The first-order chi connectivity index (χ1) is 7.93. The Morgan fingerprint density at radius 1 is 1.35 bits per heavy atom. The van der Waals surface area contributed by atoms with Gasteiger partial charge >= 0.3 is 0 Å². The van der Waals surface area contributed by atoms with Crippen LogP contribution in [0.15, 0.2) is 24.3 Å². The second kappa shape index (κ2) is 6.39. The normalized spacial score (nSPS) is 12.1. The molecule has 0 aromatic heterocycles. The van der Waals surface area contributed by atoms with Crippen molar-refractivity contribution in [3.63, 3.8) is 0 Å². The van der Waals surface area contributed by atoms with Crippen molar-refractivity contribution in [3.8, 4) is 0 Å². The van der Waals surface area contributed by atoms with Gasteiger partial charge in [0.15, 0.2) is 0 Å². The third-order valence-electron chi connectivity index (χ3n) is 2.66. The van der Waals surface area contributed by atoms with Gasteiger partial charge in [0.2, 0.25) is 0 Å². The first kappa shape index (κ1) is 14.5. The molecule has 0 saturated heterocycles. The van der Waals surface area contributed by atoms with E-state index in [-0.39, 0.29) is 5.54 Å². The lowest BCUT2D eigenvalue weighted by atomic mass is 10.0. The van der Waals surface area contributed by atoms with Gasteiger partial charge in [0.25, 0.3) is 0 Å². The lowest BCUT2D eigenvalue weighted by molar-refractivity contribution is 0.231. The van der Waals surface area contributed by atoms with Crippen molar-refractivity contribution in [1.82, 2.24) is 10.2 Å². The molecule has 96 valence electrons. The van der Waals surface area contributed by atoms with Gasteiger partial charge in [0, 0.05) is 23.7 Å². The molecule has 3 heteroatoms. The fourth-order valence-electron chi connectivity index (χ4n) is 2.21. The summed E-state index contributed by atoms with van der Waals surface area (Å²) < 4.78 is 0. The molecule has 2 nitrogen and oxygen atoms in total. The second-order valence-electron chi connectivity index (χ2n) is 5.22. The molecule has 0 radical (unpaired) electrons. The highest BCUT2D eigenvalue weighted by Gasteiger charge is 2.18. The van der Waals surface area contributed by atoms with Crippen molar-refractivity contribution in [2.45, 2.75) is 32.9 Å². The Kier molecular flexibility index (Phi) is 5.44. The Morgan fingerprint density at radius 2 is 2.06 bits per heavy atom. The number of rotatable bonds is 6. The van der Waals surface area contributed by atoms with E-state index in [1.807, 2.05) is 18.2 Å². The lowest BCUT2D eigenvalue weighted by Gasteiger charge is -2.31. The number of halogens is 1.